The van der Waals surface area contributed by atoms with Gasteiger partial charge in [0.05, 0.1) is 0 Å². The van der Waals surface area contributed by atoms with Gasteiger partial charge in [-0.05, 0) is 24.0 Å². The van der Waals surface area contributed by atoms with E-state index in [-0.39, 0.29) is 36.7 Å². The van der Waals surface area contributed by atoms with Crippen LogP contribution in [-0.2, 0) is 22.7 Å². The van der Waals surface area contributed by atoms with Crippen LogP contribution in [0, 0.1) is 5.92 Å². The van der Waals surface area contributed by atoms with Gasteiger partial charge >= 0.3 is 0 Å². The number of nitrogens with zero attached hydrogens (tertiary/aromatic N) is 3. The van der Waals surface area contributed by atoms with Crippen LogP contribution in [0.5, 0.6) is 0 Å². The average molecular weight is 478 g/mol. The summed E-state index contributed by atoms with van der Waals surface area (Å²) in [6, 6.07) is 10.2. The molecule has 0 unspecified atom stereocenters. The second kappa shape index (κ2) is 12.4. The molecule has 0 saturated carbocycles. The summed E-state index contributed by atoms with van der Waals surface area (Å²) in [6.45, 7) is 6.36. The highest BCUT2D eigenvalue weighted by Gasteiger charge is 2.22. The lowest BCUT2D eigenvalue weighted by atomic mass is 10.1. The molecule has 10 heteroatoms. The molecule has 0 bridgehead atoms. The molecule has 2 aromatic rings. The Morgan fingerprint density at radius 3 is 2.52 bits per heavy atom. The Kier molecular flexibility index (Phi) is 9.87. The second-order valence-corrected chi connectivity index (χ2v) is 8.42. The van der Waals surface area contributed by atoms with E-state index >= 15 is 0 Å². The Bertz CT molecular complexity index is 1070. The van der Waals surface area contributed by atoms with Gasteiger partial charge in [0, 0.05) is 57.0 Å². The highest BCUT2D eigenvalue weighted by atomic mass is 35.5. The highest BCUT2D eigenvalue weighted by molar-refractivity contribution is 5.94. The van der Waals surface area contributed by atoms with E-state index in [0.717, 1.165) is 28.1 Å². The molecule has 1 aromatic heterocycles. The number of benzene rings is 1. The van der Waals surface area contributed by atoms with Crippen LogP contribution in [0.25, 0.3) is 0 Å². The summed E-state index contributed by atoms with van der Waals surface area (Å²) in [5, 5.41) is 5.74. The zero-order chi connectivity index (χ0) is 23.1. The van der Waals surface area contributed by atoms with Crippen molar-refractivity contribution in [1.82, 2.24) is 20.0 Å². The quantitative estimate of drug-likeness (QED) is 0.691. The minimum atomic E-state index is -0.437. The van der Waals surface area contributed by atoms with Crippen LogP contribution in [-0.4, -0.2) is 52.7 Å². The lowest BCUT2D eigenvalue weighted by molar-refractivity contribution is -0.132. The second-order valence-electron chi connectivity index (χ2n) is 8.42. The summed E-state index contributed by atoms with van der Waals surface area (Å²) < 4.78 is 1.03. The van der Waals surface area contributed by atoms with Crippen molar-refractivity contribution >= 4 is 29.9 Å². The largest absolute Gasteiger partial charge is 0.340 e. The van der Waals surface area contributed by atoms with Gasteiger partial charge in [0.15, 0.2) is 0 Å². The van der Waals surface area contributed by atoms with Crippen LogP contribution >= 0.6 is 12.4 Å². The number of H-pyrrole nitrogens is 1. The van der Waals surface area contributed by atoms with E-state index in [4.69, 9.17) is 0 Å². The molecule has 1 aromatic carbocycles. The van der Waals surface area contributed by atoms with E-state index in [1.54, 1.807) is 4.90 Å². The van der Waals surface area contributed by atoms with Gasteiger partial charge in [-0.25, -0.2) is 4.68 Å². The smallest absolute Gasteiger partial charge is 0.265 e. The van der Waals surface area contributed by atoms with E-state index < -0.39 is 11.1 Å². The van der Waals surface area contributed by atoms with Gasteiger partial charge in [-0.1, -0.05) is 32.0 Å². The molecule has 0 spiro atoms. The number of carbonyl (C=O) groups excluding carboxylic acids is 2. The molecular weight excluding hydrogens is 446 g/mol. The first kappa shape index (κ1) is 26.3. The fraction of sp³-hybridized carbons (Fsp3) is 0.478. The molecule has 0 aliphatic carbocycles. The molecule has 0 saturated heterocycles. The Morgan fingerprint density at radius 1 is 1.00 bits per heavy atom. The average Bonchev–Trinajstić information content (AvgIpc) is 2.79. The first-order chi connectivity index (χ1) is 15.3. The van der Waals surface area contributed by atoms with Crippen LogP contribution in [0.4, 0.5) is 5.69 Å². The number of halogens is 1. The van der Waals surface area contributed by atoms with Crippen molar-refractivity contribution in [2.24, 2.45) is 5.92 Å². The lowest BCUT2D eigenvalue weighted by Crippen LogP contribution is -2.42. The van der Waals surface area contributed by atoms with Gasteiger partial charge in [0.1, 0.15) is 6.54 Å². The monoisotopic (exact) mass is 477 g/mol. The number of amides is 2. The fourth-order valence-electron chi connectivity index (χ4n) is 3.80. The molecular formula is C23H32ClN5O4. The normalized spacial score (nSPS) is 14.8. The summed E-state index contributed by atoms with van der Waals surface area (Å²) in [5.41, 5.74) is 1.07. The zero-order valence-corrected chi connectivity index (χ0v) is 19.9. The summed E-state index contributed by atoms with van der Waals surface area (Å²) >= 11 is 0. The molecule has 0 radical (unpaired) electrons. The van der Waals surface area contributed by atoms with Crippen molar-refractivity contribution < 1.29 is 9.59 Å². The molecule has 9 nitrogen and oxygen atoms in total. The molecule has 3 rings (SSSR count). The minimum Gasteiger partial charge on any atom is -0.340 e. The van der Waals surface area contributed by atoms with Gasteiger partial charge < -0.3 is 15.1 Å². The van der Waals surface area contributed by atoms with E-state index in [1.165, 1.54) is 0 Å². The third kappa shape index (κ3) is 7.30. The Morgan fingerprint density at radius 2 is 1.76 bits per heavy atom. The number of aromatic nitrogens is 2. The number of fused-ring (bicyclic) bond motifs is 1. The molecule has 2 amide bonds. The van der Waals surface area contributed by atoms with Crippen LogP contribution in [0.15, 0.2) is 46.0 Å². The molecule has 0 fully saturated rings. The third-order valence-corrected chi connectivity index (χ3v) is 5.38. The van der Waals surface area contributed by atoms with Gasteiger partial charge in [-0.15, -0.1) is 12.4 Å². The number of hydrogen-bond donors (Lipinski definition) is 2. The van der Waals surface area contributed by atoms with Crippen molar-refractivity contribution in [3.8, 4) is 0 Å². The number of nitrogens with one attached hydrogen (secondary N) is 2. The lowest BCUT2D eigenvalue weighted by Gasteiger charge is -2.27. The third-order valence-electron chi connectivity index (χ3n) is 5.38. The molecule has 1 aliphatic rings. The number of anilines is 1. The predicted octanol–water partition coefficient (Wildman–Crippen LogP) is 1.36. The van der Waals surface area contributed by atoms with E-state index in [1.807, 2.05) is 43.0 Å². The Balaban J connectivity index is 0.00000385. The van der Waals surface area contributed by atoms with Crippen molar-refractivity contribution in [3.63, 3.8) is 0 Å². The molecule has 1 aliphatic heterocycles. The van der Waals surface area contributed by atoms with E-state index in [2.05, 4.69) is 10.4 Å². The summed E-state index contributed by atoms with van der Waals surface area (Å²) in [7, 11) is 0. The van der Waals surface area contributed by atoms with Gasteiger partial charge in [0.2, 0.25) is 11.8 Å². The molecule has 2 N–H and O–H groups in total. The Labute approximate surface area is 199 Å². The van der Waals surface area contributed by atoms with Gasteiger partial charge in [0.25, 0.3) is 11.1 Å². The number of rotatable bonds is 4. The van der Waals surface area contributed by atoms with Crippen molar-refractivity contribution in [2.75, 3.05) is 31.1 Å². The molecule has 180 valence electrons. The summed E-state index contributed by atoms with van der Waals surface area (Å²) in [5.74, 6) is 0.0564. The van der Waals surface area contributed by atoms with Crippen LogP contribution in [0.2, 0.25) is 0 Å². The van der Waals surface area contributed by atoms with Crippen molar-refractivity contribution in [3.05, 3.63) is 62.7 Å². The van der Waals surface area contributed by atoms with Crippen LogP contribution in [0.1, 0.15) is 32.3 Å². The number of carbonyl (C=O) groups is 2. The maximum atomic E-state index is 13.0. The van der Waals surface area contributed by atoms with Gasteiger partial charge in [-0.3, -0.25) is 24.3 Å². The van der Waals surface area contributed by atoms with Crippen LogP contribution in [0.3, 0.4) is 0 Å². The first-order valence-corrected chi connectivity index (χ1v) is 11.0. The van der Waals surface area contributed by atoms with Crippen molar-refractivity contribution in [2.45, 2.75) is 39.8 Å². The molecule has 0 atom stereocenters. The topological polar surface area (TPSA) is 108 Å². The van der Waals surface area contributed by atoms with Crippen molar-refractivity contribution in [1.29, 1.82) is 0 Å². The first-order valence-electron chi connectivity index (χ1n) is 11.0. The van der Waals surface area contributed by atoms with E-state index in [9.17, 15) is 19.2 Å². The SMILES string of the molecule is CC(C)CC(=O)N1CCCN(C(=O)Cn2[nH]c(=O)ccc2=O)CCNCc2ccccc21.Cl. The molecule has 33 heavy (non-hydrogen) atoms. The van der Waals surface area contributed by atoms with Gasteiger partial charge in [-0.2, -0.15) is 0 Å². The Hall–Kier alpha value is -2.91. The fourth-order valence-corrected chi connectivity index (χ4v) is 3.80. The number of aromatic amines is 1. The maximum Gasteiger partial charge on any atom is 0.265 e. The number of para-hydroxylation sites is 1. The number of hydrogen-bond acceptors (Lipinski definition) is 5. The highest BCUT2D eigenvalue weighted by Crippen LogP contribution is 2.23. The minimum absolute atomic E-state index is 0. The summed E-state index contributed by atoms with van der Waals surface area (Å²) in [6.07, 6.45) is 1.05. The zero-order valence-electron chi connectivity index (χ0n) is 19.1. The van der Waals surface area contributed by atoms with Crippen LogP contribution < -0.4 is 21.3 Å². The molecule has 2 heterocycles. The summed E-state index contributed by atoms with van der Waals surface area (Å²) in [4.78, 5) is 52.9. The predicted molar refractivity (Wildman–Crippen MR) is 130 cm³/mol. The maximum absolute atomic E-state index is 13.0. The standard InChI is InChI=1S/C23H31N5O4.ClH/c1-17(2)14-22(31)27-12-5-11-26(13-10-24-15-18-6-3-4-7-19(18)27)23(32)16-28-21(30)9-8-20(29)25-28;/h3-4,6-9,17,24H,5,10-16H2,1-2H3,(H,25,29);1H. The van der Waals surface area contributed by atoms with E-state index in [0.29, 0.717) is 45.6 Å².